The first kappa shape index (κ1) is 28.9. The summed E-state index contributed by atoms with van der Waals surface area (Å²) in [5.74, 6) is 1.29. The van der Waals surface area contributed by atoms with Crippen molar-refractivity contribution in [1.29, 1.82) is 0 Å². The molecule has 0 atom stereocenters. The van der Waals surface area contributed by atoms with E-state index in [0.29, 0.717) is 19.1 Å². The topological polar surface area (TPSA) is 67.9 Å². The van der Waals surface area contributed by atoms with Crippen LogP contribution in [0.5, 0.6) is 5.75 Å². The highest BCUT2D eigenvalue weighted by atomic mass is 32.2. The number of hydrogen-bond acceptors (Lipinski definition) is 5. The summed E-state index contributed by atoms with van der Waals surface area (Å²) in [5.41, 5.74) is 2.13. The van der Waals surface area contributed by atoms with Crippen molar-refractivity contribution in [3.63, 3.8) is 0 Å². The number of sulfonamides is 1. The van der Waals surface area contributed by atoms with E-state index >= 15 is 0 Å². The largest absolute Gasteiger partial charge is 0.489 e. The lowest BCUT2D eigenvalue weighted by molar-refractivity contribution is 0.140. The number of nitrogens with zero attached hydrogens (tertiary/aromatic N) is 1. The van der Waals surface area contributed by atoms with E-state index in [1.165, 1.54) is 4.31 Å². The second-order valence-corrected chi connectivity index (χ2v) is 11.9. The van der Waals surface area contributed by atoms with Crippen LogP contribution in [-0.2, 0) is 33.5 Å². The lowest BCUT2D eigenvalue weighted by atomic mass is 9.92. The molecule has 0 radical (unpaired) electrons. The van der Waals surface area contributed by atoms with Gasteiger partial charge in [-0.05, 0) is 61.7 Å². The second-order valence-electron chi connectivity index (χ2n) is 10.1. The van der Waals surface area contributed by atoms with Gasteiger partial charge in [-0.3, -0.25) is 0 Å². The Kier molecular flexibility index (Phi) is 10.3. The summed E-state index contributed by atoms with van der Waals surface area (Å²) in [6.07, 6.45) is 0. The molecule has 200 valence electrons. The Hall–Kier alpha value is -2.71. The molecule has 3 aromatic rings. The molecule has 3 aromatic carbocycles. The molecule has 3 rings (SSSR count). The van der Waals surface area contributed by atoms with Crippen molar-refractivity contribution in [3.05, 3.63) is 95.6 Å². The molecule has 0 saturated heterocycles. The highest BCUT2D eigenvalue weighted by molar-refractivity contribution is 7.89. The van der Waals surface area contributed by atoms with Crippen LogP contribution in [0.15, 0.2) is 83.8 Å². The summed E-state index contributed by atoms with van der Waals surface area (Å²) in [6, 6.07) is 24.6. The molecule has 0 aliphatic heterocycles. The van der Waals surface area contributed by atoms with Crippen molar-refractivity contribution in [1.82, 2.24) is 9.62 Å². The van der Waals surface area contributed by atoms with Crippen LogP contribution in [0, 0.1) is 5.92 Å². The van der Waals surface area contributed by atoms with Gasteiger partial charge in [-0.1, -0.05) is 68.4 Å². The Labute approximate surface area is 222 Å². The molecule has 1 N–H and O–H groups in total. The number of rotatable bonds is 14. The average Bonchev–Trinajstić information content (AvgIpc) is 2.88. The minimum absolute atomic E-state index is 0.230. The summed E-state index contributed by atoms with van der Waals surface area (Å²) in [6.45, 7) is 10.7. The van der Waals surface area contributed by atoms with Gasteiger partial charge in [0.05, 0.1) is 17.0 Å². The van der Waals surface area contributed by atoms with Crippen LogP contribution >= 0.6 is 0 Å². The van der Waals surface area contributed by atoms with Crippen molar-refractivity contribution < 1.29 is 17.9 Å². The van der Waals surface area contributed by atoms with E-state index in [2.05, 4.69) is 25.2 Å². The molecule has 7 heteroatoms. The first-order chi connectivity index (χ1) is 17.7. The lowest BCUT2D eigenvalue weighted by Crippen LogP contribution is -2.47. The van der Waals surface area contributed by atoms with E-state index in [0.717, 1.165) is 29.0 Å². The molecule has 0 bridgehead atoms. The van der Waals surface area contributed by atoms with E-state index in [1.54, 1.807) is 31.4 Å². The van der Waals surface area contributed by atoms with Gasteiger partial charge in [0.1, 0.15) is 12.4 Å². The first-order valence-electron chi connectivity index (χ1n) is 12.7. The van der Waals surface area contributed by atoms with Gasteiger partial charge < -0.3 is 14.8 Å². The summed E-state index contributed by atoms with van der Waals surface area (Å²) in [5, 5.41) is 3.51. The molecule has 0 spiro atoms. The molecule has 0 heterocycles. The van der Waals surface area contributed by atoms with E-state index in [-0.39, 0.29) is 18.0 Å². The van der Waals surface area contributed by atoms with Gasteiger partial charge >= 0.3 is 0 Å². The Bertz CT molecular complexity index is 1210. The van der Waals surface area contributed by atoms with Crippen molar-refractivity contribution in [2.24, 2.45) is 5.92 Å². The summed E-state index contributed by atoms with van der Waals surface area (Å²) in [4.78, 5) is 0.265. The van der Waals surface area contributed by atoms with E-state index in [4.69, 9.17) is 9.47 Å². The van der Waals surface area contributed by atoms with Gasteiger partial charge in [-0.25, -0.2) is 8.42 Å². The third-order valence-electron chi connectivity index (χ3n) is 6.33. The molecule has 0 saturated carbocycles. The molecule has 0 amide bonds. The van der Waals surface area contributed by atoms with Gasteiger partial charge in [-0.15, -0.1) is 0 Å². The zero-order chi connectivity index (χ0) is 26.9. The van der Waals surface area contributed by atoms with Crippen LogP contribution in [0.3, 0.4) is 0 Å². The van der Waals surface area contributed by atoms with E-state index in [1.807, 2.05) is 62.4 Å². The van der Waals surface area contributed by atoms with Crippen LogP contribution in [0.2, 0.25) is 0 Å². The predicted octanol–water partition coefficient (Wildman–Crippen LogP) is 5.58. The highest BCUT2D eigenvalue weighted by Crippen LogP contribution is 2.35. The van der Waals surface area contributed by atoms with Gasteiger partial charge in [0, 0.05) is 25.8 Å². The molecule has 0 unspecified atom stereocenters. The molecule has 0 fully saturated rings. The van der Waals surface area contributed by atoms with Crippen LogP contribution < -0.4 is 10.1 Å². The fraction of sp³-hybridized carbons (Fsp3) is 0.400. The first-order valence-corrected chi connectivity index (χ1v) is 14.2. The summed E-state index contributed by atoms with van der Waals surface area (Å²) in [7, 11) is -2.19. The van der Waals surface area contributed by atoms with Crippen LogP contribution in [-0.4, -0.2) is 39.5 Å². The maximum absolute atomic E-state index is 13.7. The summed E-state index contributed by atoms with van der Waals surface area (Å²) < 4.78 is 40.5. The van der Waals surface area contributed by atoms with Crippen molar-refractivity contribution >= 4 is 10.0 Å². The molecule has 37 heavy (non-hydrogen) atoms. The zero-order valence-corrected chi connectivity index (χ0v) is 23.4. The smallest absolute Gasteiger partial charge is 0.243 e. The highest BCUT2D eigenvalue weighted by Gasteiger charge is 2.38. The predicted molar refractivity (Wildman–Crippen MR) is 149 cm³/mol. The van der Waals surface area contributed by atoms with E-state index in [9.17, 15) is 8.42 Å². The molecule has 6 nitrogen and oxygen atoms in total. The molecular formula is C30H40N2O4S. The van der Waals surface area contributed by atoms with Crippen LogP contribution in [0.4, 0.5) is 0 Å². The number of benzene rings is 3. The van der Waals surface area contributed by atoms with Crippen molar-refractivity contribution in [3.8, 4) is 5.75 Å². The Morgan fingerprint density at radius 3 is 2.22 bits per heavy atom. The molecule has 0 aliphatic rings. The fourth-order valence-electron chi connectivity index (χ4n) is 4.21. The molecule has 0 aromatic heterocycles. The van der Waals surface area contributed by atoms with Gasteiger partial charge in [-0.2, -0.15) is 4.31 Å². The zero-order valence-electron chi connectivity index (χ0n) is 22.6. The van der Waals surface area contributed by atoms with Gasteiger partial charge in [0.2, 0.25) is 10.0 Å². The average molecular weight is 525 g/mol. The standard InChI is InChI=1S/C30H40N2O4S/c1-24(2)21-31-22-26-20-27(16-17-29(26)36-23-25-12-8-6-9-13-25)30(3,4)32(18-19-35-5)37(33,34)28-14-10-7-11-15-28/h6-17,20,24,31H,18-19,21-23H2,1-5H3. The molecule has 0 aliphatic carbocycles. The summed E-state index contributed by atoms with van der Waals surface area (Å²) >= 11 is 0. The number of ether oxygens (including phenoxy) is 2. The minimum atomic E-state index is -3.77. The Balaban J connectivity index is 1.97. The van der Waals surface area contributed by atoms with Crippen LogP contribution in [0.25, 0.3) is 0 Å². The normalized spacial score (nSPS) is 12.3. The van der Waals surface area contributed by atoms with Crippen molar-refractivity contribution in [2.45, 2.75) is 51.3 Å². The maximum Gasteiger partial charge on any atom is 0.243 e. The SMILES string of the molecule is COCCN(C(C)(C)c1ccc(OCc2ccccc2)c(CNCC(C)C)c1)S(=O)(=O)c1ccccc1. The number of methoxy groups -OCH3 is 1. The fourth-order valence-corrected chi connectivity index (χ4v) is 5.98. The minimum Gasteiger partial charge on any atom is -0.489 e. The number of hydrogen-bond donors (Lipinski definition) is 1. The second kappa shape index (κ2) is 13.2. The van der Waals surface area contributed by atoms with E-state index < -0.39 is 15.6 Å². The monoisotopic (exact) mass is 524 g/mol. The third kappa shape index (κ3) is 7.65. The molecular weight excluding hydrogens is 484 g/mol. The van der Waals surface area contributed by atoms with Gasteiger partial charge in [0.15, 0.2) is 0 Å². The van der Waals surface area contributed by atoms with Crippen molar-refractivity contribution in [2.75, 3.05) is 26.8 Å². The van der Waals surface area contributed by atoms with Gasteiger partial charge in [0.25, 0.3) is 0 Å². The maximum atomic E-state index is 13.7. The lowest BCUT2D eigenvalue weighted by Gasteiger charge is -2.38. The van der Waals surface area contributed by atoms with Crippen LogP contribution in [0.1, 0.15) is 44.4 Å². The third-order valence-corrected chi connectivity index (χ3v) is 8.41. The Morgan fingerprint density at radius 2 is 1.59 bits per heavy atom. The Morgan fingerprint density at radius 1 is 0.946 bits per heavy atom. The quantitative estimate of drug-likeness (QED) is 0.298. The number of nitrogens with one attached hydrogen (secondary N) is 1.